The summed E-state index contributed by atoms with van der Waals surface area (Å²) in [4.78, 5) is 9.23. The van der Waals surface area contributed by atoms with E-state index in [1.165, 1.54) is 5.56 Å². The molecule has 0 bridgehead atoms. The zero-order chi connectivity index (χ0) is 18.2. The SMILES string of the molecule is CCOc1ccc(C2CC(c3nc4c5ccccc5ncn4n3)NN2)cc1. The minimum absolute atomic E-state index is 0.0419. The Labute approximate surface area is 156 Å². The van der Waals surface area contributed by atoms with Gasteiger partial charge in [0.2, 0.25) is 0 Å². The number of hydrogen-bond acceptors (Lipinski definition) is 6. The molecule has 5 rings (SSSR count). The maximum atomic E-state index is 5.52. The van der Waals surface area contributed by atoms with E-state index < -0.39 is 0 Å². The van der Waals surface area contributed by atoms with Crippen molar-refractivity contribution in [2.24, 2.45) is 0 Å². The molecule has 0 aliphatic carbocycles. The fraction of sp³-hybridized carbons (Fsp3) is 0.250. The molecule has 0 amide bonds. The van der Waals surface area contributed by atoms with E-state index in [1.807, 2.05) is 43.3 Å². The molecule has 0 saturated carbocycles. The zero-order valence-electron chi connectivity index (χ0n) is 15.0. The number of hydrazine groups is 1. The Hall–Kier alpha value is -3.03. The minimum Gasteiger partial charge on any atom is -0.494 e. The van der Waals surface area contributed by atoms with Gasteiger partial charge in [-0.1, -0.05) is 24.3 Å². The van der Waals surface area contributed by atoms with Gasteiger partial charge >= 0.3 is 0 Å². The number of aromatic nitrogens is 4. The van der Waals surface area contributed by atoms with E-state index in [0.29, 0.717) is 6.61 Å². The molecule has 4 aromatic rings. The van der Waals surface area contributed by atoms with Crippen LogP contribution in [0.1, 0.15) is 36.8 Å². The first-order valence-electron chi connectivity index (χ1n) is 9.15. The predicted octanol–water partition coefficient (Wildman–Crippen LogP) is 2.96. The molecule has 136 valence electrons. The normalized spacial score (nSPS) is 19.7. The first-order chi connectivity index (χ1) is 13.3. The topological polar surface area (TPSA) is 76.4 Å². The summed E-state index contributed by atoms with van der Waals surface area (Å²) in [7, 11) is 0. The Kier molecular flexibility index (Phi) is 3.95. The molecule has 2 N–H and O–H groups in total. The van der Waals surface area contributed by atoms with Crippen molar-refractivity contribution in [1.29, 1.82) is 0 Å². The van der Waals surface area contributed by atoms with Crippen molar-refractivity contribution in [1.82, 2.24) is 30.4 Å². The van der Waals surface area contributed by atoms with E-state index in [0.717, 1.165) is 34.5 Å². The molecule has 0 radical (unpaired) electrons. The number of para-hydroxylation sites is 1. The summed E-state index contributed by atoms with van der Waals surface area (Å²) in [6.07, 6.45) is 2.59. The van der Waals surface area contributed by atoms with Crippen LogP contribution in [0.4, 0.5) is 0 Å². The van der Waals surface area contributed by atoms with Crippen LogP contribution in [0, 0.1) is 0 Å². The van der Waals surface area contributed by atoms with Crippen molar-refractivity contribution < 1.29 is 4.74 Å². The smallest absolute Gasteiger partial charge is 0.170 e. The number of hydrogen-bond donors (Lipinski definition) is 2. The number of benzene rings is 2. The predicted molar refractivity (Wildman–Crippen MR) is 102 cm³/mol. The van der Waals surface area contributed by atoms with Crippen LogP contribution >= 0.6 is 0 Å². The Morgan fingerprint density at radius 3 is 2.74 bits per heavy atom. The number of rotatable bonds is 4. The standard InChI is InChI=1S/C20H20N6O/c1-2-27-14-9-7-13(8-10-14)17-11-18(24-23-17)19-22-20-15-5-3-4-6-16(15)21-12-26(20)25-19/h3-10,12,17-18,23-24H,2,11H2,1H3. The summed E-state index contributed by atoms with van der Waals surface area (Å²) in [6, 6.07) is 16.4. The molecule has 1 aliphatic heterocycles. The van der Waals surface area contributed by atoms with Gasteiger partial charge < -0.3 is 4.74 Å². The van der Waals surface area contributed by atoms with E-state index in [1.54, 1.807) is 10.8 Å². The molecular formula is C20H20N6O. The van der Waals surface area contributed by atoms with Gasteiger partial charge in [0.05, 0.1) is 18.2 Å². The van der Waals surface area contributed by atoms with Crippen molar-refractivity contribution in [3.63, 3.8) is 0 Å². The van der Waals surface area contributed by atoms with Gasteiger partial charge in [-0.3, -0.25) is 0 Å². The van der Waals surface area contributed by atoms with Crippen LogP contribution in [0.15, 0.2) is 54.9 Å². The average Bonchev–Trinajstić information content (AvgIpc) is 3.36. The third kappa shape index (κ3) is 2.90. The fourth-order valence-corrected chi connectivity index (χ4v) is 3.55. The molecule has 2 aromatic carbocycles. The van der Waals surface area contributed by atoms with Crippen LogP contribution in [0.2, 0.25) is 0 Å². The van der Waals surface area contributed by atoms with Gasteiger partial charge in [-0.05, 0) is 43.2 Å². The Bertz CT molecular complexity index is 1090. The molecule has 27 heavy (non-hydrogen) atoms. The van der Waals surface area contributed by atoms with E-state index in [-0.39, 0.29) is 12.1 Å². The van der Waals surface area contributed by atoms with Gasteiger partial charge in [-0.25, -0.2) is 25.3 Å². The minimum atomic E-state index is 0.0419. The maximum Gasteiger partial charge on any atom is 0.170 e. The maximum absolute atomic E-state index is 5.52. The quantitative estimate of drug-likeness (QED) is 0.583. The van der Waals surface area contributed by atoms with Gasteiger partial charge in [0, 0.05) is 11.4 Å². The highest BCUT2D eigenvalue weighted by atomic mass is 16.5. The Morgan fingerprint density at radius 2 is 1.89 bits per heavy atom. The molecule has 1 aliphatic rings. The number of fused-ring (bicyclic) bond motifs is 3. The first kappa shape index (κ1) is 16.2. The average molecular weight is 360 g/mol. The van der Waals surface area contributed by atoms with Crippen molar-refractivity contribution >= 4 is 16.6 Å². The van der Waals surface area contributed by atoms with Crippen LogP contribution in [0.3, 0.4) is 0 Å². The molecule has 1 saturated heterocycles. The van der Waals surface area contributed by atoms with Crippen molar-refractivity contribution in [3.05, 3.63) is 66.2 Å². The molecule has 0 spiro atoms. The van der Waals surface area contributed by atoms with Crippen molar-refractivity contribution in [2.45, 2.75) is 25.4 Å². The summed E-state index contributed by atoms with van der Waals surface area (Å²) in [5, 5.41) is 5.64. The number of ether oxygens (including phenoxy) is 1. The second-order valence-electron chi connectivity index (χ2n) is 6.63. The molecule has 2 atom stereocenters. The largest absolute Gasteiger partial charge is 0.494 e. The lowest BCUT2D eigenvalue weighted by Gasteiger charge is -2.10. The number of nitrogens with zero attached hydrogens (tertiary/aromatic N) is 4. The Balaban J connectivity index is 1.40. The van der Waals surface area contributed by atoms with Crippen LogP contribution in [-0.2, 0) is 0 Å². The van der Waals surface area contributed by atoms with Gasteiger partial charge in [-0.15, -0.1) is 5.10 Å². The second-order valence-corrected chi connectivity index (χ2v) is 6.63. The van der Waals surface area contributed by atoms with Crippen LogP contribution in [-0.4, -0.2) is 26.2 Å². The molecule has 1 fully saturated rings. The summed E-state index contributed by atoms with van der Waals surface area (Å²) in [5.41, 5.74) is 9.66. The van der Waals surface area contributed by atoms with E-state index in [2.05, 4.69) is 33.1 Å². The lowest BCUT2D eigenvalue weighted by Crippen LogP contribution is -2.27. The summed E-state index contributed by atoms with van der Waals surface area (Å²) < 4.78 is 7.27. The van der Waals surface area contributed by atoms with Gasteiger partial charge in [-0.2, -0.15) is 0 Å². The highest BCUT2D eigenvalue weighted by molar-refractivity contribution is 5.90. The summed E-state index contributed by atoms with van der Waals surface area (Å²) in [5.74, 6) is 1.67. The molecule has 7 heteroatoms. The van der Waals surface area contributed by atoms with Crippen LogP contribution in [0.25, 0.3) is 16.6 Å². The van der Waals surface area contributed by atoms with Crippen LogP contribution in [0.5, 0.6) is 5.75 Å². The van der Waals surface area contributed by atoms with Crippen LogP contribution < -0.4 is 15.6 Å². The molecular weight excluding hydrogens is 340 g/mol. The van der Waals surface area contributed by atoms with E-state index in [9.17, 15) is 0 Å². The first-order valence-corrected chi connectivity index (χ1v) is 9.15. The third-order valence-corrected chi connectivity index (χ3v) is 4.91. The number of nitrogens with one attached hydrogen (secondary N) is 2. The highest BCUT2D eigenvalue weighted by Gasteiger charge is 2.29. The van der Waals surface area contributed by atoms with Gasteiger partial charge in [0.15, 0.2) is 11.5 Å². The molecule has 7 nitrogen and oxygen atoms in total. The lowest BCUT2D eigenvalue weighted by molar-refractivity contribution is 0.340. The zero-order valence-corrected chi connectivity index (χ0v) is 15.0. The molecule has 2 unspecified atom stereocenters. The Morgan fingerprint density at radius 1 is 1.07 bits per heavy atom. The lowest BCUT2D eigenvalue weighted by atomic mass is 10.0. The third-order valence-electron chi connectivity index (χ3n) is 4.91. The highest BCUT2D eigenvalue weighted by Crippen LogP contribution is 2.31. The van der Waals surface area contributed by atoms with Gasteiger partial charge in [0.1, 0.15) is 12.1 Å². The van der Waals surface area contributed by atoms with Crippen molar-refractivity contribution in [2.75, 3.05) is 6.61 Å². The van der Waals surface area contributed by atoms with E-state index in [4.69, 9.17) is 9.72 Å². The molecule has 2 aromatic heterocycles. The second kappa shape index (κ2) is 6.61. The van der Waals surface area contributed by atoms with E-state index >= 15 is 0 Å². The fourth-order valence-electron chi connectivity index (χ4n) is 3.55. The van der Waals surface area contributed by atoms with Crippen molar-refractivity contribution in [3.8, 4) is 5.75 Å². The van der Waals surface area contributed by atoms with Gasteiger partial charge in [0.25, 0.3) is 0 Å². The summed E-state index contributed by atoms with van der Waals surface area (Å²) >= 11 is 0. The molecule has 3 heterocycles. The summed E-state index contributed by atoms with van der Waals surface area (Å²) in [6.45, 7) is 2.66. The monoisotopic (exact) mass is 360 g/mol.